The lowest BCUT2D eigenvalue weighted by Gasteiger charge is -2.32. The third-order valence-corrected chi connectivity index (χ3v) is 3.11. The summed E-state index contributed by atoms with van der Waals surface area (Å²) in [4.78, 5) is 10.8. The Morgan fingerprint density at radius 2 is 2.28 bits per heavy atom. The SMILES string of the molecule is CC(C)C1=NN(CC(=O)O)C(O)n2cc(Br)cc21. The molecular formula is C11H14BrN3O3. The standard InChI is InChI=1S/C11H14BrN3O3/c1-6(2)10-8-3-7(12)4-14(8)11(18)15(13-10)5-9(16)17/h3-4,6,11,18H,5H2,1-2H3,(H,16,17). The maximum Gasteiger partial charge on any atom is 0.325 e. The van der Waals surface area contributed by atoms with Gasteiger partial charge in [-0.25, -0.2) is 5.01 Å². The van der Waals surface area contributed by atoms with Crippen molar-refractivity contribution in [1.82, 2.24) is 9.58 Å². The molecule has 0 bridgehead atoms. The van der Waals surface area contributed by atoms with E-state index in [9.17, 15) is 9.90 Å². The molecule has 0 saturated heterocycles. The van der Waals surface area contributed by atoms with Crippen molar-refractivity contribution >= 4 is 27.6 Å². The summed E-state index contributed by atoms with van der Waals surface area (Å²) in [6, 6.07) is 1.86. The van der Waals surface area contributed by atoms with Gasteiger partial charge in [0.2, 0.25) is 6.35 Å². The number of nitrogens with zero attached hydrogens (tertiary/aromatic N) is 3. The maximum absolute atomic E-state index is 10.8. The molecular weight excluding hydrogens is 302 g/mol. The number of aromatic nitrogens is 1. The van der Waals surface area contributed by atoms with Crippen molar-refractivity contribution in [1.29, 1.82) is 0 Å². The first-order valence-corrected chi connectivity index (χ1v) is 6.32. The molecule has 6 nitrogen and oxygen atoms in total. The van der Waals surface area contributed by atoms with Crippen LogP contribution in [0.2, 0.25) is 0 Å². The molecule has 2 rings (SSSR count). The van der Waals surface area contributed by atoms with Gasteiger partial charge in [0.1, 0.15) is 6.54 Å². The molecule has 0 aliphatic carbocycles. The maximum atomic E-state index is 10.8. The molecule has 1 aromatic rings. The first-order chi connectivity index (χ1) is 8.40. The van der Waals surface area contributed by atoms with Gasteiger partial charge in [-0.1, -0.05) is 13.8 Å². The number of rotatable bonds is 3. The molecule has 0 amide bonds. The lowest BCUT2D eigenvalue weighted by molar-refractivity contribution is -0.144. The Kier molecular flexibility index (Phi) is 3.45. The smallest absolute Gasteiger partial charge is 0.325 e. The van der Waals surface area contributed by atoms with E-state index in [0.29, 0.717) is 0 Å². The summed E-state index contributed by atoms with van der Waals surface area (Å²) in [5, 5.41) is 24.3. The molecule has 1 atom stereocenters. The molecule has 18 heavy (non-hydrogen) atoms. The van der Waals surface area contributed by atoms with Crippen LogP contribution in [0.3, 0.4) is 0 Å². The van der Waals surface area contributed by atoms with Crippen molar-refractivity contribution in [2.75, 3.05) is 6.54 Å². The number of carboxylic acids is 1. The van der Waals surface area contributed by atoms with E-state index >= 15 is 0 Å². The molecule has 7 heteroatoms. The van der Waals surface area contributed by atoms with Crippen molar-refractivity contribution in [3.05, 3.63) is 22.4 Å². The topological polar surface area (TPSA) is 78.1 Å². The Morgan fingerprint density at radius 1 is 1.61 bits per heavy atom. The zero-order valence-corrected chi connectivity index (χ0v) is 11.6. The van der Waals surface area contributed by atoms with Crippen molar-refractivity contribution in [2.24, 2.45) is 11.0 Å². The van der Waals surface area contributed by atoms with Crippen LogP contribution in [0, 0.1) is 5.92 Å². The zero-order valence-electron chi connectivity index (χ0n) is 10.0. The van der Waals surface area contributed by atoms with E-state index in [1.807, 2.05) is 19.9 Å². The van der Waals surface area contributed by atoms with Crippen LogP contribution in [0.25, 0.3) is 0 Å². The molecule has 0 radical (unpaired) electrons. The van der Waals surface area contributed by atoms with Gasteiger partial charge in [-0.05, 0) is 27.9 Å². The Hall–Kier alpha value is -1.34. The first-order valence-electron chi connectivity index (χ1n) is 5.53. The lowest BCUT2D eigenvalue weighted by atomic mass is 10.1. The van der Waals surface area contributed by atoms with Crippen molar-refractivity contribution < 1.29 is 15.0 Å². The number of carbonyl (C=O) groups is 1. The Morgan fingerprint density at radius 3 is 2.83 bits per heavy atom. The zero-order chi connectivity index (χ0) is 13.4. The number of hydrogen-bond donors (Lipinski definition) is 2. The highest BCUT2D eigenvalue weighted by Crippen LogP contribution is 2.27. The number of aliphatic hydroxyl groups excluding tert-OH is 1. The molecule has 1 aliphatic rings. The Labute approximate surface area is 113 Å². The molecule has 0 fully saturated rings. The highest BCUT2D eigenvalue weighted by Gasteiger charge is 2.29. The Bertz CT molecular complexity index is 510. The number of hydrogen-bond acceptors (Lipinski definition) is 4. The molecule has 98 valence electrons. The highest BCUT2D eigenvalue weighted by atomic mass is 79.9. The van der Waals surface area contributed by atoms with E-state index in [1.54, 1.807) is 10.8 Å². The van der Waals surface area contributed by atoms with Gasteiger partial charge in [0, 0.05) is 10.7 Å². The van der Waals surface area contributed by atoms with Gasteiger partial charge in [-0.2, -0.15) is 5.10 Å². The van der Waals surface area contributed by atoms with Crippen LogP contribution in [0.4, 0.5) is 0 Å². The van der Waals surface area contributed by atoms with Gasteiger partial charge < -0.3 is 14.8 Å². The number of halogens is 1. The highest BCUT2D eigenvalue weighted by molar-refractivity contribution is 9.10. The third-order valence-electron chi connectivity index (χ3n) is 2.67. The molecule has 1 aliphatic heterocycles. The fourth-order valence-corrected chi connectivity index (χ4v) is 2.33. The van der Waals surface area contributed by atoms with Crippen LogP contribution in [0.1, 0.15) is 25.9 Å². The number of hydrazone groups is 1. The minimum atomic E-state index is -1.09. The summed E-state index contributed by atoms with van der Waals surface area (Å²) in [6.45, 7) is 3.61. The molecule has 2 N–H and O–H groups in total. The molecule has 0 spiro atoms. The number of aliphatic carboxylic acids is 1. The van der Waals surface area contributed by atoms with Crippen LogP contribution in [0.5, 0.6) is 0 Å². The van der Waals surface area contributed by atoms with Gasteiger partial charge in [0.25, 0.3) is 0 Å². The van der Waals surface area contributed by atoms with Gasteiger partial charge in [-0.15, -0.1) is 0 Å². The molecule has 0 saturated carbocycles. The predicted octanol–water partition coefficient (Wildman–Crippen LogP) is 1.46. The van der Waals surface area contributed by atoms with E-state index < -0.39 is 12.3 Å². The fourth-order valence-electron chi connectivity index (χ4n) is 1.89. The largest absolute Gasteiger partial charge is 0.480 e. The summed E-state index contributed by atoms with van der Waals surface area (Å²) in [7, 11) is 0. The summed E-state index contributed by atoms with van der Waals surface area (Å²) in [5.74, 6) is -0.898. The molecule has 1 aromatic heterocycles. The van der Waals surface area contributed by atoms with Crippen molar-refractivity contribution in [2.45, 2.75) is 20.2 Å². The predicted molar refractivity (Wildman–Crippen MR) is 69.1 cm³/mol. The van der Waals surface area contributed by atoms with E-state index in [1.165, 1.54) is 0 Å². The Balaban J connectivity index is 2.45. The number of carboxylic acid groups (broad SMARTS) is 1. The summed E-state index contributed by atoms with van der Waals surface area (Å²) >= 11 is 3.35. The lowest BCUT2D eigenvalue weighted by Crippen LogP contribution is -2.39. The van der Waals surface area contributed by atoms with Crippen LogP contribution in [-0.4, -0.2) is 38.0 Å². The second kappa shape index (κ2) is 4.74. The summed E-state index contributed by atoms with van der Waals surface area (Å²) < 4.78 is 2.43. The monoisotopic (exact) mass is 315 g/mol. The summed E-state index contributed by atoms with van der Waals surface area (Å²) in [6.07, 6.45) is 0.622. The van der Waals surface area contributed by atoms with E-state index in [2.05, 4.69) is 21.0 Å². The second-order valence-electron chi connectivity index (χ2n) is 4.43. The van der Waals surface area contributed by atoms with Crippen molar-refractivity contribution in [3.8, 4) is 0 Å². The number of fused-ring (bicyclic) bond motifs is 1. The van der Waals surface area contributed by atoms with Crippen LogP contribution in [0.15, 0.2) is 21.8 Å². The number of aliphatic hydroxyl groups is 1. The minimum absolute atomic E-state index is 0.134. The fraction of sp³-hybridized carbons (Fsp3) is 0.455. The molecule has 2 heterocycles. The van der Waals surface area contributed by atoms with Crippen LogP contribution >= 0.6 is 15.9 Å². The van der Waals surface area contributed by atoms with Gasteiger partial charge in [0.15, 0.2) is 0 Å². The second-order valence-corrected chi connectivity index (χ2v) is 5.34. The first kappa shape index (κ1) is 13.1. The van der Waals surface area contributed by atoms with Gasteiger partial charge in [0.05, 0.1) is 11.4 Å². The summed E-state index contributed by atoms with van der Waals surface area (Å²) in [5.41, 5.74) is 1.55. The molecule has 0 aromatic carbocycles. The van der Waals surface area contributed by atoms with E-state index in [-0.39, 0.29) is 12.5 Å². The van der Waals surface area contributed by atoms with Gasteiger partial charge >= 0.3 is 5.97 Å². The quantitative estimate of drug-likeness (QED) is 0.885. The molecule has 1 unspecified atom stereocenters. The van der Waals surface area contributed by atoms with Crippen molar-refractivity contribution in [3.63, 3.8) is 0 Å². The third kappa shape index (κ3) is 2.28. The van der Waals surface area contributed by atoms with E-state index in [0.717, 1.165) is 20.9 Å². The van der Waals surface area contributed by atoms with Gasteiger partial charge in [-0.3, -0.25) is 4.79 Å². The van der Waals surface area contributed by atoms with Crippen LogP contribution in [-0.2, 0) is 4.79 Å². The van der Waals surface area contributed by atoms with Crippen LogP contribution < -0.4 is 0 Å². The minimum Gasteiger partial charge on any atom is -0.480 e. The normalized spacial score (nSPS) is 18.8. The van der Waals surface area contributed by atoms with E-state index in [4.69, 9.17) is 5.11 Å². The average molecular weight is 316 g/mol. The average Bonchev–Trinajstić information content (AvgIpc) is 2.63.